The molecule has 0 spiro atoms. The molecule has 0 aliphatic rings. The lowest BCUT2D eigenvalue weighted by atomic mass is 9.86. The van der Waals surface area contributed by atoms with Gasteiger partial charge in [0.15, 0.2) is 5.78 Å². The van der Waals surface area contributed by atoms with E-state index in [0.29, 0.717) is 11.1 Å². The predicted molar refractivity (Wildman–Crippen MR) is 132 cm³/mol. The number of ketones is 1. The summed E-state index contributed by atoms with van der Waals surface area (Å²) in [5, 5.41) is -0.613. The van der Waals surface area contributed by atoms with Crippen LogP contribution in [-0.2, 0) is 5.41 Å². The van der Waals surface area contributed by atoms with Crippen molar-refractivity contribution in [2.45, 2.75) is 59.4 Å². The standard InChI is InChI=1S/C19H19ClO2.C4H12N2.2ClH/c1-12-6-5-7-15(18(20)22)16(12)17(21)13-8-10-14(11-9-13)19(2,3)4;1-4(2,3)6-5;;/h5-11H,1-4H3;6H,5H2,1-3H3;2*1H. The smallest absolute Gasteiger partial charge is 0.253 e. The molecule has 168 valence electrons. The minimum atomic E-state index is -0.613. The SMILES string of the molecule is CC(C)(C)NN.Cc1cccc(C(=O)Cl)c1C(=O)c1ccc(C(C)(C)C)cc1.Cl.Cl. The molecule has 4 nitrogen and oxygen atoms in total. The van der Waals surface area contributed by atoms with E-state index in [9.17, 15) is 9.59 Å². The summed E-state index contributed by atoms with van der Waals surface area (Å²) in [5.41, 5.74) is 5.80. The number of halogens is 3. The van der Waals surface area contributed by atoms with Gasteiger partial charge in [0.1, 0.15) is 0 Å². The van der Waals surface area contributed by atoms with Crippen molar-refractivity contribution in [1.29, 1.82) is 0 Å². The molecule has 0 bridgehead atoms. The van der Waals surface area contributed by atoms with E-state index in [2.05, 4.69) is 26.2 Å². The monoisotopic (exact) mass is 474 g/mol. The van der Waals surface area contributed by atoms with Gasteiger partial charge in [0.2, 0.25) is 0 Å². The molecule has 2 rings (SSSR count). The van der Waals surface area contributed by atoms with Crippen LogP contribution in [0.2, 0.25) is 0 Å². The number of aryl methyl sites for hydroxylation is 1. The zero-order valence-electron chi connectivity index (χ0n) is 18.6. The third-order valence-corrected chi connectivity index (χ3v) is 4.36. The minimum Gasteiger partial charge on any atom is -0.289 e. The summed E-state index contributed by atoms with van der Waals surface area (Å²) in [6.45, 7) is 14.2. The second-order valence-electron chi connectivity index (χ2n) is 8.82. The number of benzene rings is 2. The van der Waals surface area contributed by atoms with E-state index < -0.39 is 5.24 Å². The number of hydrogen-bond acceptors (Lipinski definition) is 4. The van der Waals surface area contributed by atoms with E-state index in [1.165, 1.54) is 0 Å². The van der Waals surface area contributed by atoms with Gasteiger partial charge in [-0.05, 0) is 61.9 Å². The Labute approximate surface area is 197 Å². The number of nitrogens with one attached hydrogen (secondary N) is 1. The minimum absolute atomic E-state index is 0. The summed E-state index contributed by atoms with van der Waals surface area (Å²) in [6.07, 6.45) is 0. The molecule has 0 radical (unpaired) electrons. The number of carbonyl (C=O) groups excluding carboxylic acids is 2. The summed E-state index contributed by atoms with van der Waals surface area (Å²) in [7, 11) is 0. The van der Waals surface area contributed by atoms with E-state index >= 15 is 0 Å². The van der Waals surface area contributed by atoms with Crippen LogP contribution in [0.5, 0.6) is 0 Å². The van der Waals surface area contributed by atoms with Crippen LogP contribution in [0, 0.1) is 6.92 Å². The first kappa shape index (κ1) is 30.8. The molecule has 0 aliphatic carbocycles. The van der Waals surface area contributed by atoms with Gasteiger partial charge in [-0.2, -0.15) is 0 Å². The molecule has 0 aromatic heterocycles. The molecule has 0 atom stereocenters. The number of carbonyl (C=O) groups is 2. The zero-order chi connectivity index (χ0) is 21.7. The maximum atomic E-state index is 12.7. The van der Waals surface area contributed by atoms with Crippen molar-refractivity contribution in [2.75, 3.05) is 0 Å². The Morgan fingerprint density at radius 3 is 1.73 bits per heavy atom. The lowest BCUT2D eigenvalue weighted by Crippen LogP contribution is -2.41. The van der Waals surface area contributed by atoms with Crippen LogP contribution in [0.4, 0.5) is 0 Å². The van der Waals surface area contributed by atoms with Crippen molar-refractivity contribution < 1.29 is 9.59 Å². The molecule has 0 fully saturated rings. The number of hydrazine groups is 1. The topological polar surface area (TPSA) is 72.2 Å². The lowest BCUT2D eigenvalue weighted by Gasteiger charge is -2.19. The Morgan fingerprint density at radius 2 is 1.37 bits per heavy atom. The molecule has 0 saturated heterocycles. The Kier molecular flexibility index (Phi) is 12.7. The van der Waals surface area contributed by atoms with Crippen LogP contribution >= 0.6 is 36.4 Å². The van der Waals surface area contributed by atoms with Crippen LogP contribution in [0.1, 0.15) is 78.9 Å². The number of nitrogens with two attached hydrogens (primary N) is 1. The van der Waals surface area contributed by atoms with Gasteiger partial charge >= 0.3 is 0 Å². The molecule has 3 N–H and O–H groups in total. The van der Waals surface area contributed by atoms with Crippen molar-refractivity contribution in [3.8, 4) is 0 Å². The molecule has 0 amide bonds. The summed E-state index contributed by atoms with van der Waals surface area (Å²) in [4.78, 5) is 24.3. The highest BCUT2D eigenvalue weighted by Gasteiger charge is 2.20. The van der Waals surface area contributed by atoms with Crippen molar-refractivity contribution in [2.24, 2.45) is 5.84 Å². The summed E-state index contributed by atoms with van der Waals surface area (Å²) in [5.74, 6) is 4.88. The van der Waals surface area contributed by atoms with Gasteiger partial charge in [0.05, 0.1) is 0 Å². The first-order chi connectivity index (χ1) is 12.8. The van der Waals surface area contributed by atoms with Crippen LogP contribution in [-0.4, -0.2) is 16.6 Å². The van der Waals surface area contributed by atoms with Gasteiger partial charge in [-0.3, -0.25) is 20.9 Å². The van der Waals surface area contributed by atoms with Crippen molar-refractivity contribution in [1.82, 2.24) is 5.43 Å². The van der Waals surface area contributed by atoms with Crippen LogP contribution in [0.25, 0.3) is 0 Å². The average molecular weight is 476 g/mol. The van der Waals surface area contributed by atoms with Gasteiger partial charge in [-0.15, -0.1) is 24.8 Å². The number of rotatable bonds is 3. The largest absolute Gasteiger partial charge is 0.289 e. The van der Waals surface area contributed by atoms with Gasteiger partial charge in [-0.1, -0.05) is 57.2 Å². The third kappa shape index (κ3) is 9.15. The molecular weight excluding hydrogens is 443 g/mol. The lowest BCUT2D eigenvalue weighted by molar-refractivity contribution is 0.102. The molecule has 0 aliphatic heterocycles. The highest BCUT2D eigenvalue weighted by molar-refractivity contribution is 6.68. The summed E-state index contributed by atoms with van der Waals surface area (Å²) < 4.78 is 0. The van der Waals surface area contributed by atoms with Gasteiger partial charge in [0.25, 0.3) is 5.24 Å². The molecular formula is C23H33Cl3N2O2. The Morgan fingerprint density at radius 1 is 0.900 bits per heavy atom. The van der Waals surface area contributed by atoms with E-state index in [1.807, 2.05) is 32.9 Å². The molecule has 7 heteroatoms. The van der Waals surface area contributed by atoms with E-state index in [-0.39, 0.29) is 47.1 Å². The molecule has 2 aromatic carbocycles. The van der Waals surface area contributed by atoms with Gasteiger partial charge in [0, 0.05) is 22.2 Å². The van der Waals surface area contributed by atoms with Crippen molar-refractivity contribution in [3.05, 3.63) is 70.3 Å². The average Bonchev–Trinajstić information content (AvgIpc) is 2.60. The molecule has 30 heavy (non-hydrogen) atoms. The van der Waals surface area contributed by atoms with Gasteiger partial charge < -0.3 is 0 Å². The second kappa shape index (κ2) is 12.4. The summed E-state index contributed by atoms with van der Waals surface area (Å²) >= 11 is 5.61. The molecule has 0 saturated carbocycles. The third-order valence-electron chi connectivity index (χ3n) is 4.16. The quantitative estimate of drug-likeness (QED) is 0.247. The first-order valence-corrected chi connectivity index (χ1v) is 9.58. The molecule has 0 unspecified atom stereocenters. The Balaban J connectivity index is 0. The van der Waals surface area contributed by atoms with Crippen molar-refractivity contribution >= 4 is 47.4 Å². The predicted octanol–water partition coefficient (Wildman–Crippen LogP) is 5.99. The Hall–Kier alpha value is -1.43. The summed E-state index contributed by atoms with van der Waals surface area (Å²) in [6, 6.07) is 12.6. The van der Waals surface area contributed by atoms with Gasteiger partial charge in [-0.25, -0.2) is 0 Å². The van der Waals surface area contributed by atoms with Crippen LogP contribution < -0.4 is 11.3 Å². The van der Waals surface area contributed by atoms with E-state index in [4.69, 9.17) is 17.4 Å². The highest BCUT2D eigenvalue weighted by atomic mass is 35.5. The fourth-order valence-electron chi connectivity index (χ4n) is 2.40. The normalized spacial score (nSPS) is 10.7. The highest BCUT2D eigenvalue weighted by Crippen LogP contribution is 2.25. The van der Waals surface area contributed by atoms with Crippen LogP contribution in [0.15, 0.2) is 42.5 Å². The maximum absolute atomic E-state index is 12.7. The maximum Gasteiger partial charge on any atom is 0.253 e. The molecule has 0 heterocycles. The molecule has 2 aromatic rings. The fourth-order valence-corrected chi connectivity index (χ4v) is 2.56. The fraction of sp³-hybridized carbons (Fsp3) is 0.391. The zero-order valence-corrected chi connectivity index (χ0v) is 21.0. The number of hydrogen-bond donors (Lipinski definition) is 2. The van der Waals surface area contributed by atoms with Crippen LogP contribution in [0.3, 0.4) is 0 Å². The first-order valence-electron chi connectivity index (χ1n) is 9.20. The van der Waals surface area contributed by atoms with E-state index in [0.717, 1.165) is 11.1 Å². The van der Waals surface area contributed by atoms with Crippen molar-refractivity contribution in [3.63, 3.8) is 0 Å². The second-order valence-corrected chi connectivity index (χ2v) is 9.17. The Bertz CT molecular complexity index is 837. The van der Waals surface area contributed by atoms with E-state index in [1.54, 1.807) is 37.3 Å².